The number of rotatable bonds is 7. The molecule has 9 heteroatoms. The van der Waals surface area contributed by atoms with Crippen molar-refractivity contribution in [2.24, 2.45) is 0 Å². The summed E-state index contributed by atoms with van der Waals surface area (Å²) in [5, 5.41) is 3.05. The van der Waals surface area contributed by atoms with E-state index in [0.717, 1.165) is 5.56 Å². The molecule has 0 unspecified atom stereocenters. The van der Waals surface area contributed by atoms with Gasteiger partial charge in [-0.05, 0) is 42.8 Å². The van der Waals surface area contributed by atoms with Gasteiger partial charge in [0, 0.05) is 11.1 Å². The van der Waals surface area contributed by atoms with Crippen LogP contribution >= 0.6 is 11.6 Å². The zero-order valence-electron chi connectivity index (χ0n) is 14.4. The van der Waals surface area contributed by atoms with Gasteiger partial charge in [-0.15, -0.1) is 0 Å². The Balaban J connectivity index is 1.93. The van der Waals surface area contributed by atoms with E-state index in [1.165, 1.54) is 31.4 Å². The lowest BCUT2D eigenvalue weighted by Gasteiger charge is -2.12. The van der Waals surface area contributed by atoms with Crippen molar-refractivity contribution < 1.29 is 32.6 Å². The Morgan fingerprint density at radius 3 is 2.44 bits per heavy atom. The summed E-state index contributed by atoms with van der Waals surface area (Å²) < 4.78 is 38.4. The Bertz CT molecular complexity index is 827. The number of alkyl halides is 2. The molecule has 2 aromatic rings. The summed E-state index contributed by atoms with van der Waals surface area (Å²) in [7, 11) is 1.43. The van der Waals surface area contributed by atoms with E-state index in [1.807, 2.05) is 0 Å². The van der Waals surface area contributed by atoms with Crippen LogP contribution in [0.4, 0.5) is 14.5 Å². The van der Waals surface area contributed by atoms with Gasteiger partial charge in [-0.2, -0.15) is 8.78 Å². The number of nitrogens with one attached hydrogen (secondary N) is 1. The first kappa shape index (κ1) is 20.4. The highest BCUT2D eigenvalue weighted by Gasteiger charge is 2.14. The lowest BCUT2D eigenvalue weighted by Crippen LogP contribution is -2.21. The van der Waals surface area contributed by atoms with Gasteiger partial charge in [0.25, 0.3) is 5.91 Å². The Morgan fingerprint density at radius 1 is 1.19 bits per heavy atom. The first-order valence-corrected chi connectivity index (χ1v) is 8.04. The van der Waals surface area contributed by atoms with Gasteiger partial charge in [-0.1, -0.05) is 11.6 Å². The fourth-order valence-electron chi connectivity index (χ4n) is 2.10. The number of aryl methyl sites for hydroxylation is 1. The van der Waals surface area contributed by atoms with Crippen molar-refractivity contribution in [3.05, 3.63) is 52.5 Å². The number of benzene rings is 2. The molecule has 0 atom stereocenters. The predicted octanol–water partition coefficient (Wildman–Crippen LogP) is 4.05. The Kier molecular flexibility index (Phi) is 6.95. The van der Waals surface area contributed by atoms with E-state index in [1.54, 1.807) is 19.1 Å². The van der Waals surface area contributed by atoms with Crippen LogP contribution in [0.3, 0.4) is 0 Å². The van der Waals surface area contributed by atoms with Crippen molar-refractivity contribution in [2.75, 3.05) is 19.0 Å². The first-order chi connectivity index (χ1) is 12.8. The van der Waals surface area contributed by atoms with Crippen molar-refractivity contribution in [3.8, 4) is 11.5 Å². The van der Waals surface area contributed by atoms with Gasteiger partial charge < -0.3 is 19.5 Å². The van der Waals surface area contributed by atoms with Crippen molar-refractivity contribution in [3.63, 3.8) is 0 Å². The number of hydrogen-bond donors (Lipinski definition) is 1. The van der Waals surface area contributed by atoms with Gasteiger partial charge in [0.1, 0.15) is 11.5 Å². The van der Waals surface area contributed by atoms with Crippen LogP contribution in [0.5, 0.6) is 11.5 Å². The maximum atomic E-state index is 12.1. The lowest BCUT2D eigenvalue weighted by molar-refractivity contribution is -0.119. The molecule has 27 heavy (non-hydrogen) atoms. The van der Waals surface area contributed by atoms with Gasteiger partial charge in [0.2, 0.25) is 0 Å². The summed E-state index contributed by atoms with van der Waals surface area (Å²) in [6.45, 7) is -1.74. The number of carbonyl (C=O) groups is 2. The second-order valence-electron chi connectivity index (χ2n) is 5.33. The molecular formula is C18H16ClF2NO5. The van der Waals surface area contributed by atoms with Gasteiger partial charge in [-0.25, -0.2) is 4.79 Å². The quantitative estimate of drug-likeness (QED) is 0.711. The minimum Gasteiger partial charge on any atom is -0.495 e. The molecule has 0 aliphatic heterocycles. The molecule has 0 fully saturated rings. The summed E-state index contributed by atoms with van der Waals surface area (Å²) in [4.78, 5) is 23.9. The van der Waals surface area contributed by atoms with Crippen LogP contribution in [0, 0.1) is 6.92 Å². The first-order valence-electron chi connectivity index (χ1n) is 7.66. The topological polar surface area (TPSA) is 73.9 Å². The maximum Gasteiger partial charge on any atom is 0.387 e. The molecule has 1 amide bonds. The molecule has 0 saturated heterocycles. The van der Waals surface area contributed by atoms with Crippen molar-refractivity contribution in [1.29, 1.82) is 0 Å². The number of ether oxygens (including phenoxy) is 3. The summed E-state index contributed by atoms with van der Waals surface area (Å²) in [6.07, 6.45) is 0. The largest absolute Gasteiger partial charge is 0.495 e. The van der Waals surface area contributed by atoms with Gasteiger partial charge in [-0.3, -0.25) is 4.79 Å². The summed E-state index contributed by atoms with van der Waals surface area (Å²) in [6, 6.07) is 8.09. The molecular weight excluding hydrogens is 384 g/mol. The number of halogens is 3. The molecule has 6 nitrogen and oxygen atoms in total. The second kappa shape index (κ2) is 9.18. The van der Waals surface area contributed by atoms with E-state index >= 15 is 0 Å². The van der Waals surface area contributed by atoms with Gasteiger partial charge >= 0.3 is 12.6 Å². The van der Waals surface area contributed by atoms with Gasteiger partial charge in [0.05, 0.1) is 18.4 Å². The molecule has 0 spiro atoms. The van der Waals surface area contributed by atoms with Crippen LogP contribution < -0.4 is 14.8 Å². The minimum atomic E-state index is -2.96. The highest BCUT2D eigenvalue weighted by Crippen LogP contribution is 2.30. The number of methoxy groups -OCH3 is 1. The molecule has 2 aromatic carbocycles. The molecule has 2 rings (SSSR count). The smallest absolute Gasteiger partial charge is 0.387 e. The monoisotopic (exact) mass is 399 g/mol. The van der Waals surface area contributed by atoms with E-state index in [9.17, 15) is 18.4 Å². The summed E-state index contributed by atoms with van der Waals surface area (Å²) in [5.41, 5.74) is 1.20. The van der Waals surface area contributed by atoms with Gasteiger partial charge in [0.15, 0.2) is 6.61 Å². The third-order valence-electron chi connectivity index (χ3n) is 3.40. The van der Waals surface area contributed by atoms with Crippen LogP contribution in [0.2, 0.25) is 5.02 Å². The third kappa shape index (κ3) is 5.82. The number of amides is 1. The highest BCUT2D eigenvalue weighted by molar-refractivity contribution is 6.31. The van der Waals surface area contributed by atoms with Crippen molar-refractivity contribution in [2.45, 2.75) is 13.5 Å². The average Bonchev–Trinajstić information content (AvgIpc) is 2.62. The Labute approximate surface area is 159 Å². The van der Waals surface area contributed by atoms with E-state index in [2.05, 4.69) is 10.1 Å². The van der Waals surface area contributed by atoms with E-state index in [4.69, 9.17) is 21.1 Å². The van der Waals surface area contributed by atoms with Crippen LogP contribution in [-0.2, 0) is 9.53 Å². The SMILES string of the molecule is COc1cc(Cl)c(C)cc1NC(=O)COC(=O)c1ccc(OC(F)F)cc1. The zero-order chi connectivity index (χ0) is 20.0. The molecule has 1 N–H and O–H groups in total. The Hall–Kier alpha value is -2.87. The normalized spacial score (nSPS) is 10.4. The summed E-state index contributed by atoms with van der Waals surface area (Å²) >= 11 is 6.00. The molecule has 0 saturated carbocycles. The van der Waals surface area contributed by atoms with Crippen LogP contribution in [-0.4, -0.2) is 32.2 Å². The standard InChI is InChI=1S/C18H16ClF2NO5/c1-10-7-14(15(25-2)8-13(10)19)22-16(23)9-26-17(24)11-3-5-12(6-4-11)27-18(20)21/h3-8,18H,9H2,1-2H3,(H,22,23). The lowest BCUT2D eigenvalue weighted by atomic mass is 10.2. The second-order valence-corrected chi connectivity index (χ2v) is 5.74. The van der Waals surface area contributed by atoms with E-state index in [-0.39, 0.29) is 11.3 Å². The fraction of sp³-hybridized carbons (Fsp3) is 0.222. The number of anilines is 1. The molecule has 0 aliphatic carbocycles. The average molecular weight is 400 g/mol. The highest BCUT2D eigenvalue weighted by atomic mass is 35.5. The molecule has 0 heterocycles. The van der Waals surface area contributed by atoms with Crippen molar-refractivity contribution in [1.82, 2.24) is 0 Å². The number of carbonyl (C=O) groups excluding carboxylic acids is 2. The minimum absolute atomic E-state index is 0.0873. The molecule has 0 radical (unpaired) electrons. The van der Waals surface area contributed by atoms with Crippen LogP contribution in [0.25, 0.3) is 0 Å². The molecule has 0 bridgehead atoms. The molecule has 0 aromatic heterocycles. The van der Waals surface area contributed by atoms with E-state index < -0.39 is 25.1 Å². The fourth-order valence-corrected chi connectivity index (χ4v) is 2.26. The number of esters is 1. The summed E-state index contributed by atoms with van der Waals surface area (Å²) in [5.74, 6) is -1.10. The van der Waals surface area contributed by atoms with Crippen molar-refractivity contribution >= 4 is 29.2 Å². The predicted molar refractivity (Wildman–Crippen MR) is 94.7 cm³/mol. The number of hydrogen-bond acceptors (Lipinski definition) is 5. The molecule has 144 valence electrons. The molecule has 0 aliphatic rings. The van der Waals surface area contributed by atoms with Crippen LogP contribution in [0.15, 0.2) is 36.4 Å². The maximum absolute atomic E-state index is 12.1. The third-order valence-corrected chi connectivity index (χ3v) is 3.81. The zero-order valence-corrected chi connectivity index (χ0v) is 15.2. The van der Waals surface area contributed by atoms with Crippen LogP contribution in [0.1, 0.15) is 15.9 Å². The Morgan fingerprint density at radius 2 is 1.85 bits per heavy atom. The van der Waals surface area contributed by atoms with E-state index in [0.29, 0.717) is 16.5 Å².